The summed E-state index contributed by atoms with van der Waals surface area (Å²) in [6, 6.07) is 5.93. The van der Waals surface area contributed by atoms with Crippen molar-refractivity contribution in [3.63, 3.8) is 0 Å². The summed E-state index contributed by atoms with van der Waals surface area (Å²) < 4.78 is 29.8. The van der Waals surface area contributed by atoms with Gasteiger partial charge in [0.15, 0.2) is 34.6 Å². The zero-order valence-corrected chi connectivity index (χ0v) is 46.7. The lowest BCUT2D eigenvalue weighted by Crippen LogP contribution is -2.26. The number of carboxylic acids is 3. The number of carbonyl (C=O) groups excluding carboxylic acids is 6. The van der Waals surface area contributed by atoms with Crippen molar-refractivity contribution in [2.24, 2.45) is 0 Å². The van der Waals surface area contributed by atoms with E-state index in [1.54, 1.807) is 0 Å². The molecular weight excluding hydrogens is 1310 g/mol. The van der Waals surface area contributed by atoms with Gasteiger partial charge in [0, 0.05) is 30.1 Å². The molecule has 0 aliphatic carbocycles. The summed E-state index contributed by atoms with van der Waals surface area (Å²) in [5.74, 6) is -9.88. The molecule has 0 aliphatic heterocycles. The summed E-state index contributed by atoms with van der Waals surface area (Å²) in [7, 11) is 0. The van der Waals surface area contributed by atoms with Gasteiger partial charge in [0.2, 0.25) is 0 Å². The molecule has 4 aromatic carbocycles. The third-order valence-corrected chi connectivity index (χ3v) is 12.5. The number of rotatable bonds is 12. The number of benzene rings is 4. The molecule has 0 aromatic heterocycles. The number of hydrogen-bond acceptors (Lipinski definition) is 15. The van der Waals surface area contributed by atoms with E-state index in [4.69, 9.17) is 28.4 Å². The van der Waals surface area contributed by atoms with Crippen LogP contribution < -0.4 is 14.2 Å². The summed E-state index contributed by atoms with van der Waals surface area (Å²) >= 11 is 19.2. The third kappa shape index (κ3) is 13.9. The molecule has 4 rings (SSSR count). The normalized spacial score (nSPS) is 11.5. The van der Waals surface area contributed by atoms with Gasteiger partial charge in [-0.2, -0.15) is 0 Å². The lowest BCUT2D eigenvalue weighted by atomic mass is 9.91. The predicted octanol–water partition coefficient (Wildman–Crippen LogP) is 13.0. The van der Waals surface area contributed by atoms with E-state index >= 15 is 0 Å². The van der Waals surface area contributed by atoms with Gasteiger partial charge in [-0.3, -0.25) is 14.4 Å². The van der Waals surface area contributed by atoms with Gasteiger partial charge >= 0.3 is 36.4 Å². The number of carboxylic acid groups (broad SMARTS) is 3. The van der Waals surface area contributed by atoms with Gasteiger partial charge in [0.05, 0.1) is 30.1 Å². The zero-order valence-electron chi connectivity index (χ0n) is 37.2. The highest BCUT2D eigenvalue weighted by molar-refractivity contribution is 9.12. The van der Waals surface area contributed by atoms with Crippen molar-refractivity contribution in [1.82, 2.24) is 0 Å². The molecule has 0 saturated heterocycles. The fourth-order valence-electron chi connectivity index (χ4n) is 5.72. The molecule has 4 aromatic rings. The summed E-state index contributed by atoms with van der Waals surface area (Å²) in [5.41, 5.74) is -7.70. The molecule has 0 amide bonds. The molecule has 0 radical (unpaired) electrons. The standard InChI is InChI=1S/C45H36Br6O18/c1-43(2,3)67-40(61)64-34-19(37(55)56)13-22(46)25(28(34)49)31(52)16-10-17(32(53)26-23(47)14-20(38(57)58)35(29(26)50)65-41(62)68-44(4,5)6)12-18(11-16)33(54)27-24(48)15-21(39(59)60)36(30(27)51)66-42(63)69-45(7,8)9/h10-15H,1-9H3,(H,55,56)(H,57,58)(H,59,60). The van der Waals surface area contributed by atoms with Crippen molar-refractivity contribution < 1.29 is 86.9 Å². The van der Waals surface area contributed by atoms with E-state index in [1.165, 1.54) is 62.3 Å². The molecule has 0 fully saturated rings. The van der Waals surface area contributed by atoms with Crippen LogP contribution in [0.25, 0.3) is 0 Å². The number of carbonyl (C=O) groups is 9. The molecule has 24 heteroatoms. The van der Waals surface area contributed by atoms with Gasteiger partial charge in [-0.05, 0) is 194 Å². The Kier molecular flexibility index (Phi) is 17.7. The highest BCUT2D eigenvalue weighted by atomic mass is 79.9. The molecule has 0 atom stereocenters. The highest BCUT2D eigenvalue weighted by Crippen LogP contribution is 2.43. The first-order valence-corrected chi connectivity index (χ1v) is 24.1. The number of halogens is 6. The second kappa shape index (κ2) is 21.5. The van der Waals surface area contributed by atoms with Crippen LogP contribution in [-0.2, 0) is 14.2 Å². The van der Waals surface area contributed by atoms with Crippen LogP contribution in [0.4, 0.5) is 14.4 Å². The van der Waals surface area contributed by atoms with Crippen molar-refractivity contribution in [1.29, 1.82) is 0 Å². The Labute approximate surface area is 442 Å². The van der Waals surface area contributed by atoms with Gasteiger partial charge in [-0.15, -0.1) is 0 Å². The smallest absolute Gasteiger partial charge is 0.478 e. The summed E-state index contributed by atoms with van der Waals surface area (Å²) in [6.07, 6.45) is -4.02. The Morgan fingerprint density at radius 3 is 0.754 bits per heavy atom. The predicted molar refractivity (Wildman–Crippen MR) is 264 cm³/mol. The van der Waals surface area contributed by atoms with E-state index in [9.17, 15) is 58.5 Å². The Hall–Kier alpha value is -5.01. The van der Waals surface area contributed by atoms with Crippen molar-refractivity contribution in [2.75, 3.05) is 0 Å². The summed E-state index contributed by atoms with van der Waals surface area (Å²) in [6.45, 7) is 13.7. The van der Waals surface area contributed by atoms with Crippen LogP contribution in [0.3, 0.4) is 0 Å². The Balaban J connectivity index is 2.09. The van der Waals surface area contributed by atoms with Gasteiger partial charge in [0.1, 0.15) is 33.5 Å². The van der Waals surface area contributed by atoms with Crippen LogP contribution in [-0.4, -0.2) is 85.8 Å². The lowest BCUT2D eigenvalue weighted by Gasteiger charge is -2.21. The second-order valence-corrected chi connectivity index (χ2v) is 22.1. The number of hydrogen-bond donors (Lipinski definition) is 3. The molecule has 0 bridgehead atoms. The quantitative estimate of drug-likeness (QED) is 0.0515. The van der Waals surface area contributed by atoms with E-state index in [2.05, 4.69) is 95.6 Å². The topological polar surface area (TPSA) is 270 Å². The molecule has 0 saturated carbocycles. The van der Waals surface area contributed by atoms with Crippen LogP contribution in [0.5, 0.6) is 17.2 Å². The summed E-state index contributed by atoms with van der Waals surface area (Å²) in [4.78, 5) is 120. The van der Waals surface area contributed by atoms with Gasteiger partial charge < -0.3 is 43.7 Å². The fourth-order valence-corrected chi connectivity index (χ4v) is 10.4. The number of ether oxygens (including phenoxy) is 6. The lowest BCUT2D eigenvalue weighted by molar-refractivity contribution is 0.0187. The molecule has 0 spiro atoms. The van der Waals surface area contributed by atoms with Crippen molar-refractivity contribution >= 4 is 149 Å². The fraction of sp³-hybridized carbons (Fsp3) is 0.267. The first kappa shape index (κ1) is 56.6. The Morgan fingerprint density at radius 1 is 0.377 bits per heavy atom. The van der Waals surface area contributed by atoms with E-state index in [0.717, 1.165) is 36.4 Å². The molecule has 0 heterocycles. The average Bonchev–Trinajstić information content (AvgIpc) is 3.18. The van der Waals surface area contributed by atoms with Crippen molar-refractivity contribution in [3.05, 3.63) is 113 Å². The zero-order chi connectivity index (χ0) is 52.6. The van der Waals surface area contributed by atoms with Gasteiger partial charge in [0.25, 0.3) is 0 Å². The van der Waals surface area contributed by atoms with E-state index in [1.807, 2.05) is 0 Å². The van der Waals surface area contributed by atoms with Crippen LogP contribution in [0.1, 0.15) is 141 Å². The number of aromatic carboxylic acids is 3. The van der Waals surface area contributed by atoms with Crippen LogP contribution in [0, 0.1) is 0 Å². The maximum Gasteiger partial charge on any atom is 0.514 e. The van der Waals surface area contributed by atoms with Crippen molar-refractivity contribution in [3.8, 4) is 17.2 Å². The number of ketones is 3. The van der Waals surface area contributed by atoms with Crippen LogP contribution >= 0.6 is 95.6 Å². The van der Waals surface area contributed by atoms with Gasteiger partial charge in [-0.25, -0.2) is 28.8 Å². The maximum atomic E-state index is 14.8. The summed E-state index contributed by atoms with van der Waals surface area (Å²) in [5, 5.41) is 30.2. The first-order valence-electron chi connectivity index (χ1n) is 19.3. The SMILES string of the molecule is CC(C)(C)OC(=O)Oc1c(C(=O)O)cc(Br)c(C(=O)c2cc(C(=O)c3c(Br)cc(C(=O)O)c(OC(=O)OC(C)(C)C)c3Br)cc(C(=O)c3c(Br)cc(C(=O)O)c(OC(=O)OC(C)(C)C)c3Br)c2)c1Br. The minimum atomic E-state index is -1.59. The minimum Gasteiger partial charge on any atom is -0.478 e. The average molecular weight is 1340 g/mol. The largest absolute Gasteiger partial charge is 0.514 e. The van der Waals surface area contributed by atoms with Crippen molar-refractivity contribution in [2.45, 2.75) is 79.1 Å². The van der Waals surface area contributed by atoms with Crippen LogP contribution in [0.15, 0.2) is 63.2 Å². The third-order valence-electron chi connectivity index (χ3n) is 8.34. The molecule has 3 N–H and O–H groups in total. The monoisotopic (exact) mass is 1340 g/mol. The molecule has 18 nitrogen and oxygen atoms in total. The molecule has 366 valence electrons. The maximum absolute atomic E-state index is 14.8. The molecule has 69 heavy (non-hydrogen) atoms. The van der Waals surface area contributed by atoms with Gasteiger partial charge in [-0.1, -0.05) is 0 Å². The minimum absolute atomic E-state index is 0.185. The van der Waals surface area contributed by atoms with E-state index < -0.39 is 151 Å². The van der Waals surface area contributed by atoms with E-state index in [0.29, 0.717) is 0 Å². The molecular formula is C45H36Br6O18. The molecule has 0 unspecified atom stereocenters. The van der Waals surface area contributed by atoms with E-state index in [-0.39, 0.29) is 13.4 Å². The Morgan fingerprint density at radius 2 is 0.580 bits per heavy atom. The highest BCUT2D eigenvalue weighted by Gasteiger charge is 2.34. The second-order valence-electron chi connectivity index (χ2n) is 17.2. The molecule has 0 aliphatic rings. The first-order chi connectivity index (χ1) is 31.5. The Bertz CT molecular complexity index is 2580. The van der Waals surface area contributed by atoms with Crippen LogP contribution in [0.2, 0.25) is 0 Å².